The molecule has 1 unspecified atom stereocenters. The third-order valence-corrected chi connectivity index (χ3v) is 4.59. The number of rotatable bonds is 2. The number of aliphatic carboxylic acids is 1. The average molecular weight is 320 g/mol. The Morgan fingerprint density at radius 2 is 1.88 bits per heavy atom. The van der Waals surface area contributed by atoms with Crippen LogP contribution in [0.4, 0.5) is 0 Å². The van der Waals surface area contributed by atoms with Gasteiger partial charge in [-0.2, -0.15) is 0 Å². The van der Waals surface area contributed by atoms with Gasteiger partial charge < -0.3 is 15.0 Å². The molecular weight excluding hydrogens is 304 g/mol. The van der Waals surface area contributed by atoms with E-state index in [0.717, 1.165) is 22.0 Å². The van der Waals surface area contributed by atoms with Crippen LogP contribution >= 0.6 is 0 Å². The van der Waals surface area contributed by atoms with Crippen LogP contribution in [0.5, 0.6) is 0 Å². The van der Waals surface area contributed by atoms with Gasteiger partial charge in [0, 0.05) is 35.6 Å². The smallest absolute Gasteiger partial charge is 0.326 e. The summed E-state index contributed by atoms with van der Waals surface area (Å²) in [4.78, 5) is 29.2. The summed E-state index contributed by atoms with van der Waals surface area (Å²) >= 11 is 0. The van der Waals surface area contributed by atoms with E-state index in [1.165, 1.54) is 4.90 Å². The highest BCUT2D eigenvalue weighted by molar-refractivity contribution is 6.00. The Bertz CT molecular complexity index is 944. The van der Waals surface area contributed by atoms with Crippen molar-refractivity contribution in [2.75, 3.05) is 0 Å². The quantitative estimate of drug-likeness (QED) is 0.762. The van der Waals surface area contributed by atoms with Crippen LogP contribution in [-0.4, -0.2) is 32.9 Å². The zero-order valence-electron chi connectivity index (χ0n) is 12.9. The summed E-state index contributed by atoms with van der Waals surface area (Å²) in [5.41, 5.74) is 3.46. The molecule has 4 rings (SSSR count). The monoisotopic (exact) mass is 320 g/mol. The van der Waals surface area contributed by atoms with Crippen molar-refractivity contribution in [2.45, 2.75) is 19.0 Å². The summed E-state index contributed by atoms with van der Waals surface area (Å²) in [6, 6.07) is 14.1. The zero-order valence-corrected chi connectivity index (χ0v) is 12.9. The third-order valence-electron chi connectivity index (χ3n) is 4.59. The molecule has 0 saturated heterocycles. The lowest BCUT2D eigenvalue weighted by Crippen LogP contribution is -2.48. The van der Waals surface area contributed by atoms with Gasteiger partial charge in [0.15, 0.2) is 0 Å². The molecule has 1 aromatic heterocycles. The van der Waals surface area contributed by atoms with Crippen molar-refractivity contribution in [3.63, 3.8) is 0 Å². The minimum atomic E-state index is -0.972. The van der Waals surface area contributed by atoms with E-state index in [1.54, 1.807) is 12.1 Å². The fourth-order valence-electron chi connectivity index (χ4n) is 3.31. The number of nitrogens with one attached hydrogen (secondary N) is 1. The van der Waals surface area contributed by atoms with Gasteiger partial charge in [0.1, 0.15) is 6.04 Å². The largest absolute Gasteiger partial charge is 0.480 e. The van der Waals surface area contributed by atoms with Crippen molar-refractivity contribution >= 4 is 22.8 Å². The van der Waals surface area contributed by atoms with E-state index < -0.39 is 12.0 Å². The molecule has 120 valence electrons. The molecule has 0 radical (unpaired) electrons. The van der Waals surface area contributed by atoms with Crippen LogP contribution in [0.25, 0.3) is 10.9 Å². The predicted octanol–water partition coefficient (Wildman–Crippen LogP) is 2.82. The van der Waals surface area contributed by atoms with E-state index in [-0.39, 0.29) is 5.91 Å². The van der Waals surface area contributed by atoms with Gasteiger partial charge in [-0.1, -0.05) is 24.3 Å². The molecule has 0 bridgehead atoms. The summed E-state index contributed by atoms with van der Waals surface area (Å²) in [6.45, 7) is 0.317. The fourth-order valence-corrected chi connectivity index (χ4v) is 3.31. The van der Waals surface area contributed by atoms with Crippen molar-refractivity contribution in [2.24, 2.45) is 0 Å². The van der Waals surface area contributed by atoms with Gasteiger partial charge in [-0.25, -0.2) is 4.79 Å². The highest BCUT2D eigenvalue weighted by Crippen LogP contribution is 2.26. The van der Waals surface area contributed by atoms with E-state index >= 15 is 0 Å². The molecule has 5 nitrogen and oxygen atoms in total. The summed E-state index contributed by atoms with van der Waals surface area (Å²) in [5.74, 6) is -1.22. The second kappa shape index (κ2) is 5.53. The first-order chi connectivity index (χ1) is 11.6. The number of carboxylic acids is 1. The summed E-state index contributed by atoms with van der Waals surface area (Å²) in [5, 5.41) is 10.5. The standard InChI is InChI=1S/C19H16N2O3/c22-18(14-5-6-16-13(9-14)7-8-20-16)21-11-15-4-2-1-3-12(15)10-17(21)19(23)24/h1-9,17,20H,10-11H2,(H,23,24). The van der Waals surface area contributed by atoms with Gasteiger partial charge in [-0.05, 0) is 35.4 Å². The topological polar surface area (TPSA) is 73.4 Å². The number of aromatic nitrogens is 1. The number of hydrogen-bond donors (Lipinski definition) is 2. The Labute approximate surface area is 138 Å². The van der Waals surface area contributed by atoms with Crippen molar-refractivity contribution in [1.82, 2.24) is 9.88 Å². The first-order valence-corrected chi connectivity index (χ1v) is 7.81. The lowest BCUT2D eigenvalue weighted by molar-refractivity contribution is -0.142. The number of carbonyl (C=O) groups excluding carboxylic acids is 1. The molecule has 2 heterocycles. The van der Waals surface area contributed by atoms with Crippen LogP contribution in [0.1, 0.15) is 21.5 Å². The van der Waals surface area contributed by atoms with Crippen LogP contribution in [-0.2, 0) is 17.8 Å². The van der Waals surface area contributed by atoms with Crippen molar-refractivity contribution < 1.29 is 14.7 Å². The summed E-state index contributed by atoms with van der Waals surface area (Å²) < 4.78 is 0. The SMILES string of the molecule is O=C(O)C1Cc2ccccc2CN1C(=O)c1ccc2[nH]ccc2c1. The Balaban J connectivity index is 1.72. The maximum Gasteiger partial charge on any atom is 0.326 e. The molecule has 0 saturated carbocycles. The van der Waals surface area contributed by atoms with Gasteiger partial charge in [0.2, 0.25) is 0 Å². The number of amides is 1. The van der Waals surface area contributed by atoms with Gasteiger partial charge in [-0.15, -0.1) is 0 Å². The molecule has 3 aromatic rings. The van der Waals surface area contributed by atoms with Gasteiger partial charge in [-0.3, -0.25) is 4.79 Å². The van der Waals surface area contributed by atoms with Crippen LogP contribution in [0.15, 0.2) is 54.7 Å². The molecule has 0 fully saturated rings. The maximum atomic E-state index is 12.9. The summed E-state index contributed by atoms with van der Waals surface area (Å²) in [6.07, 6.45) is 2.15. The molecule has 5 heteroatoms. The van der Waals surface area contributed by atoms with E-state index in [1.807, 2.05) is 42.6 Å². The molecule has 2 N–H and O–H groups in total. The highest BCUT2D eigenvalue weighted by atomic mass is 16.4. The molecule has 1 amide bonds. The van der Waals surface area contributed by atoms with E-state index in [4.69, 9.17) is 0 Å². The average Bonchev–Trinajstić information content (AvgIpc) is 3.07. The Hall–Kier alpha value is -3.08. The Kier molecular flexibility index (Phi) is 3.34. The molecule has 1 atom stereocenters. The molecule has 0 aliphatic carbocycles. The molecule has 1 aliphatic heterocycles. The predicted molar refractivity (Wildman–Crippen MR) is 89.7 cm³/mol. The van der Waals surface area contributed by atoms with E-state index in [0.29, 0.717) is 18.5 Å². The number of aromatic amines is 1. The molecule has 24 heavy (non-hydrogen) atoms. The van der Waals surface area contributed by atoms with Crippen LogP contribution < -0.4 is 0 Å². The van der Waals surface area contributed by atoms with E-state index in [2.05, 4.69) is 4.98 Å². The Morgan fingerprint density at radius 1 is 1.08 bits per heavy atom. The minimum Gasteiger partial charge on any atom is -0.480 e. The Morgan fingerprint density at radius 3 is 2.67 bits per heavy atom. The summed E-state index contributed by atoms with van der Waals surface area (Å²) in [7, 11) is 0. The third kappa shape index (κ3) is 2.34. The zero-order chi connectivity index (χ0) is 16.7. The van der Waals surface area contributed by atoms with Crippen LogP contribution in [0.2, 0.25) is 0 Å². The van der Waals surface area contributed by atoms with Crippen molar-refractivity contribution in [3.8, 4) is 0 Å². The van der Waals surface area contributed by atoms with Crippen LogP contribution in [0, 0.1) is 0 Å². The molecule has 2 aromatic carbocycles. The number of carbonyl (C=O) groups is 2. The number of fused-ring (bicyclic) bond motifs is 2. The van der Waals surface area contributed by atoms with Crippen molar-refractivity contribution in [3.05, 3.63) is 71.4 Å². The van der Waals surface area contributed by atoms with Crippen molar-refractivity contribution in [1.29, 1.82) is 0 Å². The first kappa shape index (κ1) is 14.5. The van der Waals surface area contributed by atoms with Crippen LogP contribution in [0.3, 0.4) is 0 Å². The number of hydrogen-bond acceptors (Lipinski definition) is 2. The number of benzene rings is 2. The number of nitrogens with zero attached hydrogens (tertiary/aromatic N) is 1. The normalized spacial score (nSPS) is 16.8. The van der Waals surface area contributed by atoms with Gasteiger partial charge >= 0.3 is 5.97 Å². The lowest BCUT2D eigenvalue weighted by Gasteiger charge is -2.34. The maximum absolute atomic E-state index is 12.9. The fraction of sp³-hybridized carbons (Fsp3) is 0.158. The van der Waals surface area contributed by atoms with E-state index in [9.17, 15) is 14.7 Å². The number of carboxylic acid groups (broad SMARTS) is 1. The molecular formula is C19H16N2O3. The lowest BCUT2D eigenvalue weighted by atomic mass is 9.93. The molecule has 1 aliphatic rings. The molecule has 0 spiro atoms. The second-order valence-electron chi connectivity index (χ2n) is 6.04. The van der Waals surface area contributed by atoms with Gasteiger partial charge in [0.05, 0.1) is 0 Å². The minimum absolute atomic E-state index is 0.250. The number of H-pyrrole nitrogens is 1. The highest BCUT2D eigenvalue weighted by Gasteiger charge is 2.34. The second-order valence-corrected chi connectivity index (χ2v) is 6.04. The van der Waals surface area contributed by atoms with Gasteiger partial charge in [0.25, 0.3) is 5.91 Å². The first-order valence-electron chi connectivity index (χ1n) is 7.81.